The quantitative estimate of drug-likeness (QED) is 0.395. The third kappa shape index (κ3) is 6.26. The Kier molecular flexibility index (Phi) is 10.3. The van der Waals surface area contributed by atoms with Crippen LogP contribution in [0.2, 0.25) is 0 Å². The number of carbonyl (C=O) groups excluding carboxylic acids is 1. The second-order valence-corrected chi connectivity index (χ2v) is 7.79. The summed E-state index contributed by atoms with van der Waals surface area (Å²) in [4.78, 5) is 18.6. The van der Waals surface area contributed by atoms with Crippen molar-refractivity contribution in [3.05, 3.63) is 41.2 Å². The molecule has 0 spiro atoms. The van der Waals surface area contributed by atoms with Crippen molar-refractivity contribution in [2.75, 3.05) is 45.9 Å². The summed E-state index contributed by atoms with van der Waals surface area (Å²) >= 11 is 0. The first kappa shape index (κ1) is 27.1. The number of carbonyl (C=O) groups is 1. The van der Waals surface area contributed by atoms with Crippen molar-refractivity contribution in [3.8, 4) is 16.9 Å². The summed E-state index contributed by atoms with van der Waals surface area (Å²) in [7, 11) is 4.76. The highest BCUT2D eigenvalue weighted by atomic mass is 16.5. The van der Waals surface area contributed by atoms with Crippen LogP contribution in [-0.4, -0.2) is 61.6 Å². The third-order valence-corrected chi connectivity index (χ3v) is 5.50. The van der Waals surface area contributed by atoms with Crippen LogP contribution in [0.15, 0.2) is 24.3 Å². The first-order valence-electron chi connectivity index (χ1n) is 11.7. The Hall–Kier alpha value is -3.13. The molecule has 0 fully saturated rings. The molecule has 0 radical (unpaired) electrons. The molecular weight excluding hydrogens is 432 g/mol. The zero-order valence-electron chi connectivity index (χ0n) is 21.8. The molecule has 3 rings (SSSR count). The highest BCUT2D eigenvalue weighted by Crippen LogP contribution is 2.33. The molecule has 0 aliphatic rings. The average molecular weight is 471 g/mol. The monoisotopic (exact) mass is 470 g/mol. The highest BCUT2D eigenvalue weighted by molar-refractivity contribution is 5.83. The van der Waals surface area contributed by atoms with Gasteiger partial charge in [0.1, 0.15) is 11.6 Å². The molecule has 0 amide bonds. The van der Waals surface area contributed by atoms with Crippen LogP contribution in [0.3, 0.4) is 0 Å². The van der Waals surface area contributed by atoms with E-state index in [9.17, 15) is 4.79 Å². The zero-order valence-corrected chi connectivity index (χ0v) is 21.8. The molecule has 0 saturated carbocycles. The Balaban J connectivity index is 0.00000199. The maximum absolute atomic E-state index is 11.6. The van der Waals surface area contributed by atoms with Gasteiger partial charge in [-0.3, -0.25) is 4.79 Å². The van der Waals surface area contributed by atoms with Gasteiger partial charge in [0.25, 0.3) is 0 Å². The molecule has 0 N–H and O–H groups in total. The maximum Gasteiger partial charge on any atom is 0.305 e. The molecule has 8 heteroatoms. The fourth-order valence-corrected chi connectivity index (χ4v) is 3.87. The second kappa shape index (κ2) is 12.9. The van der Waals surface area contributed by atoms with E-state index in [1.54, 1.807) is 14.2 Å². The van der Waals surface area contributed by atoms with Gasteiger partial charge in [0.2, 0.25) is 0 Å². The number of hydrogen-bond acceptors (Lipinski definition) is 7. The van der Waals surface area contributed by atoms with Crippen LogP contribution in [0.1, 0.15) is 43.6 Å². The SMILES string of the molecule is CC.COCCN(CCCC(=O)OC)c1cc(C)nc2c(-c3ccc(OC)cc3C)c(C)nn12. The lowest BCUT2D eigenvalue weighted by molar-refractivity contribution is -0.140. The number of aromatic nitrogens is 3. The van der Waals surface area contributed by atoms with Gasteiger partial charge in [0.05, 0.1) is 26.5 Å². The van der Waals surface area contributed by atoms with E-state index in [1.165, 1.54) is 7.11 Å². The number of anilines is 1. The minimum Gasteiger partial charge on any atom is -0.497 e. The van der Waals surface area contributed by atoms with Crippen LogP contribution >= 0.6 is 0 Å². The largest absolute Gasteiger partial charge is 0.497 e. The number of esters is 1. The van der Waals surface area contributed by atoms with Crippen molar-refractivity contribution in [1.29, 1.82) is 0 Å². The molecule has 186 valence electrons. The molecule has 0 aliphatic heterocycles. The minimum atomic E-state index is -0.208. The Labute approximate surface area is 202 Å². The number of fused-ring (bicyclic) bond motifs is 1. The lowest BCUT2D eigenvalue weighted by atomic mass is 10.0. The van der Waals surface area contributed by atoms with Gasteiger partial charge in [-0.05, 0) is 50.5 Å². The number of benzene rings is 1. The van der Waals surface area contributed by atoms with Gasteiger partial charge in [-0.15, -0.1) is 0 Å². The van der Waals surface area contributed by atoms with Gasteiger partial charge in [-0.2, -0.15) is 9.61 Å². The van der Waals surface area contributed by atoms with Crippen LogP contribution in [0, 0.1) is 20.8 Å². The fraction of sp³-hybridized carbons (Fsp3) is 0.500. The zero-order chi connectivity index (χ0) is 25.3. The van der Waals surface area contributed by atoms with Crippen LogP contribution in [0.25, 0.3) is 16.8 Å². The van der Waals surface area contributed by atoms with Gasteiger partial charge in [0.15, 0.2) is 5.65 Å². The number of nitrogens with zero attached hydrogens (tertiary/aromatic N) is 4. The number of rotatable bonds is 10. The summed E-state index contributed by atoms with van der Waals surface area (Å²) in [5, 5.41) is 4.85. The molecule has 0 aliphatic carbocycles. The van der Waals surface area contributed by atoms with E-state index in [4.69, 9.17) is 24.3 Å². The standard InChI is InChI=1S/C24H32N4O4.C2H6/c1-16-14-19(31-5)9-10-20(16)23-18(3)26-28-21(15-17(2)25-24(23)28)27(12-13-30-4)11-7-8-22(29)32-6;1-2/h9-10,14-15H,7-8,11-13H2,1-6H3;1-2H3. The van der Waals surface area contributed by atoms with E-state index >= 15 is 0 Å². The van der Waals surface area contributed by atoms with Crippen molar-refractivity contribution in [3.63, 3.8) is 0 Å². The fourth-order valence-electron chi connectivity index (χ4n) is 3.87. The van der Waals surface area contributed by atoms with Crippen LogP contribution < -0.4 is 9.64 Å². The molecule has 2 heterocycles. The number of aryl methyl sites for hydroxylation is 3. The molecule has 0 unspecified atom stereocenters. The molecule has 3 aromatic rings. The first-order chi connectivity index (χ1) is 16.4. The van der Waals surface area contributed by atoms with Crippen LogP contribution in [0.4, 0.5) is 5.82 Å². The van der Waals surface area contributed by atoms with Crippen molar-refractivity contribution in [1.82, 2.24) is 14.6 Å². The second-order valence-electron chi connectivity index (χ2n) is 7.79. The summed E-state index contributed by atoms with van der Waals surface area (Å²) in [6.07, 6.45) is 1.03. The summed E-state index contributed by atoms with van der Waals surface area (Å²) in [6, 6.07) is 8.06. The normalized spacial score (nSPS) is 10.6. The van der Waals surface area contributed by atoms with E-state index in [0.29, 0.717) is 32.5 Å². The highest BCUT2D eigenvalue weighted by Gasteiger charge is 2.20. The minimum absolute atomic E-state index is 0.208. The van der Waals surface area contributed by atoms with E-state index in [0.717, 1.165) is 45.3 Å². The molecule has 2 aromatic heterocycles. The van der Waals surface area contributed by atoms with E-state index in [1.807, 2.05) is 50.4 Å². The molecule has 1 aromatic carbocycles. The van der Waals surface area contributed by atoms with Crippen molar-refractivity contribution in [2.24, 2.45) is 0 Å². The predicted molar refractivity (Wildman–Crippen MR) is 136 cm³/mol. The van der Waals surface area contributed by atoms with Gasteiger partial charge < -0.3 is 19.1 Å². The Morgan fingerprint density at radius 3 is 2.41 bits per heavy atom. The lowest BCUT2D eigenvalue weighted by Gasteiger charge is -2.25. The molecule has 34 heavy (non-hydrogen) atoms. The summed E-state index contributed by atoms with van der Waals surface area (Å²) in [5.41, 5.74) is 5.80. The third-order valence-electron chi connectivity index (χ3n) is 5.50. The molecule has 0 atom stereocenters. The Morgan fingerprint density at radius 1 is 1.06 bits per heavy atom. The van der Waals surface area contributed by atoms with Crippen LogP contribution in [0.5, 0.6) is 5.75 Å². The van der Waals surface area contributed by atoms with Crippen LogP contribution in [-0.2, 0) is 14.3 Å². The number of hydrogen-bond donors (Lipinski definition) is 0. The Morgan fingerprint density at radius 2 is 1.79 bits per heavy atom. The van der Waals surface area contributed by atoms with Crippen molar-refractivity contribution in [2.45, 2.75) is 47.5 Å². The van der Waals surface area contributed by atoms with Crippen molar-refractivity contribution >= 4 is 17.4 Å². The van der Waals surface area contributed by atoms with Gasteiger partial charge in [-0.25, -0.2) is 4.98 Å². The van der Waals surface area contributed by atoms with Crippen molar-refractivity contribution < 1.29 is 19.0 Å². The summed E-state index contributed by atoms with van der Waals surface area (Å²) in [6.45, 7) is 12.0. The Bertz CT molecular complexity index is 1090. The summed E-state index contributed by atoms with van der Waals surface area (Å²) < 4.78 is 17.4. The average Bonchev–Trinajstić information content (AvgIpc) is 3.17. The van der Waals surface area contributed by atoms with Gasteiger partial charge in [-0.1, -0.05) is 19.9 Å². The predicted octanol–water partition coefficient (Wildman–Crippen LogP) is 4.76. The topological polar surface area (TPSA) is 78.2 Å². The number of methoxy groups -OCH3 is 3. The lowest BCUT2D eigenvalue weighted by Crippen LogP contribution is -2.31. The molecule has 0 bridgehead atoms. The van der Waals surface area contributed by atoms with E-state index < -0.39 is 0 Å². The van der Waals surface area contributed by atoms with Gasteiger partial charge >= 0.3 is 5.97 Å². The maximum atomic E-state index is 11.6. The smallest absolute Gasteiger partial charge is 0.305 e. The first-order valence-corrected chi connectivity index (χ1v) is 11.7. The molecular formula is C26H38N4O4. The summed E-state index contributed by atoms with van der Waals surface area (Å²) in [5.74, 6) is 1.54. The number of ether oxygens (including phenoxy) is 3. The molecule has 8 nitrogen and oxygen atoms in total. The van der Waals surface area contributed by atoms with E-state index in [2.05, 4.69) is 17.9 Å². The van der Waals surface area contributed by atoms with Gasteiger partial charge in [0, 0.05) is 43.9 Å². The van der Waals surface area contributed by atoms with E-state index in [-0.39, 0.29) is 5.97 Å². The molecule has 0 saturated heterocycles.